The number of halogens is 2. The molecule has 1 N–H and O–H groups in total. The molecule has 5 nitrogen and oxygen atoms in total. The van der Waals surface area contributed by atoms with Crippen LogP contribution in [0.15, 0.2) is 51.9 Å². The lowest BCUT2D eigenvalue weighted by atomic mass is 10.2. The van der Waals surface area contributed by atoms with Crippen molar-refractivity contribution in [2.45, 2.75) is 20.8 Å². The first-order chi connectivity index (χ1) is 13.9. The molecule has 0 saturated heterocycles. The Morgan fingerprint density at radius 2 is 1.90 bits per heavy atom. The van der Waals surface area contributed by atoms with Crippen molar-refractivity contribution in [3.05, 3.63) is 69.5 Å². The number of aryl methyl sites for hydroxylation is 1. The van der Waals surface area contributed by atoms with Crippen molar-refractivity contribution in [2.75, 3.05) is 18.0 Å². The van der Waals surface area contributed by atoms with E-state index in [0.717, 1.165) is 36.6 Å². The fraction of sp³-hybridized carbons (Fsp3) is 0.238. The second kappa shape index (κ2) is 9.00. The Morgan fingerprint density at radius 3 is 2.55 bits per heavy atom. The zero-order valence-electron chi connectivity index (χ0n) is 16.4. The van der Waals surface area contributed by atoms with Crippen LogP contribution in [0.5, 0.6) is 5.75 Å². The minimum atomic E-state index is -0.740. The number of hydrogen-bond acceptors (Lipinski definition) is 5. The predicted molar refractivity (Wildman–Crippen MR) is 113 cm³/mol. The lowest BCUT2D eigenvalue weighted by molar-refractivity contribution is 0.474. The molecular formula is C21H22F2N4OS. The first kappa shape index (κ1) is 20.7. The zero-order valence-corrected chi connectivity index (χ0v) is 17.2. The third-order valence-corrected chi connectivity index (χ3v) is 5.36. The van der Waals surface area contributed by atoms with Crippen LogP contribution in [0.2, 0.25) is 0 Å². The molecule has 0 aliphatic heterocycles. The Bertz CT molecular complexity index is 1100. The molecule has 1 heterocycles. The number of aromatic hydroxyl groups is 1. The summed E-state index contributed by atoms with van der Waals surface area (Å²) in [4.78, 5) is 6.82. The van der Waals surface area contributed by atoms with Gasteiger partial charge >= 0.3 is 0 Å². The molecule has 0 spiro atoms. The van der Waals surface area contributed by atoms with Gasteiger partial charge in [0, 0.05) is 41.9 Å². The number of hydrogen-bond donors (Lipinski definition) is 1. The fourth-order valence-corrected chi connectivity index (χ4v) is 3.64. The number of anilines is 1. The molecule has 29 heavy (non-hydrogen) atoms. The maximum absolute atomic E-state index is 13.9. The second-order valence-electron chi connectivity index (χ2n) is 6.34. The molecule has 0 aliphatic carbocycles. The third-order valence-electron chi connectivity index (χ3n) is 4.43. The van der Waals surface area contributed by atoms with Crippen molar-refractivity contribution in [1.29, 1.82) is 0 Å². The Balaban J connectivity index is 1.94. The van der Waals surface area contributed by atoms with Crippen molar-refractivity contribution in [2.24, 2.45) is 10.1 Å². The van der Waals surface area contributed by atoms with Gasteiger partial charge in [0.25, 0.3) is 0 Å². The standard InChI is InChI=1S/C21H22F2N4OS/c1-4-26(5-2)17-8-6-15(20(28)11-17)12-24-27-14(3)13-29-21(27)25-19-9-7-16(22)10-18(19)23/h6-13,28H,4-5H2,1-3H3. The van der Waals surface area contributed by atoms with E-state index in [1.165, 1.54) is 23.6 Å². The average Bonchev–Trinajstić information content (AvgIpc) is 3.04. The van der Waals surface area contributed by atoms with Crippen LogP contribution in [-0.2, 0) is 0 Å². The van der Waals surface area contributed by atoms with E-state index in [0.29, 0.717) is 10.4 Å². The third kappa shape index (κ3) is 4.71. The molecule has 0 amide bonds. The minimum Gasteiger partial charge on any atom is -0.507 e. The molecule has 0 atom stereocenters. The number of rotatable bonds is 6. The fourth-order valence-electron chi connectivity index (χ4n) is 2.82. The average molecular weight is 416 g/mol. The van der Waals surface area contributed by atoms with Crippen LogP contribution >= 0.6 is 11.3 Å². The monoisotopic (exact) mass is 416 g/mol. The molecule has 3 rings (SSSR count). The molecule has 2 aromatic carbocycles. The molecule has 152 valence electrons. The van der Waals surface area contributed by atoms with Gasteiger partial charge in [-0.15, -0.1) is 11.3 Å². The zero-order chi connectivity index (χ0) is 21.0. The van der Waals surface area contributed by atoms with E-state index >= 15 is 0 Å². The van der Waals surface area contributed by atoms with Gasteiger partial charge in [-0.25, -0.2) is 18.4 Å². The Hall–Kier alpha value is -3.00. The summed E-state index contributed by atoms with van der Waals surface area (Å²) in [5.74, 6) is -1.27. The Labute approximate surface area is 171 Å². The first-order valence-corrected chi connectivity index (χ1v) is 10.1. The normalized spacial score (nSPS) is 12.1. The van der Waals surface area contributed by atoms with E-state index in [1.807, 2.05) is 18.4 Å². The van der Waals surface area contributed by atoms with Crippen molar-refractivity contribution < 1.29 is 13.9 Å². The summed E-state index contributed by atoms with van der Waals surface area (Å²) in [6.45, 7) is 7.65. The lowest BCUT2D eigenvalue weighted by Gasteiger charge is -2.21. The largest absolute Gasteiger partial charge is 0.507 e. The predicted octanol–water partition coefficient (Wildman–Crippen LogP) is 4.80. The molecule has 3 aromatic rings. The molecule has 0 unspecified atom stereocenters. The first-order valence-electron chi connectivity index (χ1n) is 9.22. The summed E-state index contributed by atoms with van der Waals surface area (Å²) in [5, 5.41) is 16.6. The quantitative estimate of drug-likeness (QED) is 0.587. The Morgan fingerprint density at radius 1 is 1.14 bits per heavy atom. The molecule has 1 aromatic heterocycles. The SMILES string of the molecule is CCN(CC)c1ccc(C=Nn2c(C)csc2=Nc2ccc(F)cc2F)c(O)c1. The summed E-state index contributed by atoms with van der Waals surface area (Å²) < 4.78 is 28.6. The van der Waals surface area contributed by atoms with Gasteiger partial charge in [-0.2, -0.15) is 5.10 Å². The van der Waals surface area contributed by atoms with Gasteiger partial charge in [0.15, 0.2) is 5.82 Å². The van der Waals surface area contributed by atoms with Crippen LogP contribution in [0.1, 0.15) is 25.1 Å². The molecular weight excluding hydrogens is 394 g/mol. The van der Waals surface area contributed by atoms with Gasteiger partial charge in [0.1, 0.15) is 17.3 Å². The van der Waals surface area contributed by atoms with Crippen LogP contribution in [-0.4, -0.2) is 29.1 Å². The number of nitrogens with zero attached hydrogens (tertiary/aromatic N) is 4. The van der Waals surface area contributed by atoms with Crippen molar-refractivity contribution >= 4 is 28.9 Å². The number of phenolic OH excluding ortho intramolecular Hbond substituents is 1. The summed E-state index contributed by atoms with van der Waals surface area (Å²) in [6, 6.07) is 8.67. The highest BCUT2D eigenvalue weighted by molar-refractivity contribution is 7.07. The number of thiazole rings is 1. The van der Waals surface area contributed by atoms with Crippen molar-refractivity contribution in [1.82, 2.24) is 4.68 Å². The van der Waals surface area contributed by atoms with Gasteiger partial charge < -0.3 is 10.0 Å². The van der Waals surface area contributed by atoms with E-state index in [-0.39, 0.29) is 11.4 Å². The summed E-state index contributed by atoms with van der Waals surface area (Å²) in [7, 11) is 0. The number of aromatic nitrogens is 1. The summed E-state index contributed by atoms with van der Waals surface area (Å²) in [5.41, 5.74) is 2.32. The highest BCUT2D eigenvalue weighted by atomic mass is 32.1. The second-order valence-corrected chi connectivity index (χ2v) is 7.18. The maximum atomic E-state index is 13.9. The summed E-state index contributed by atoms with van der Waals surface area (Å²) in [6.07, 6.45) is 1.53. The smallest absolute Gasteiger partial charge is 0.211 e. The number of benzene rings is 2. The van der Waals surface area contributed by atoms with Gasteiger partial charge in [-0.1, -0.05) is 0 Å². The molecule has 0 aliphatic rings. The van der Waals surface area contributed by atoms with Gasteiger partial charge in [0.05, 0.1) is 11.9 Å². The van der Waals surface area contributed by atoms with Crippen molar-refractivity contribution in [3.63, 3.8) is 0 Å². The summed E-state index contributed by atoms with van der Waals surface area (Å²) >= 11 is 1.29. The van der Waals surface area contributed by atoms with Crippen LogP contribution in [0.3, 0.4) is 0 Å². The van der Waals surface area contributed by atoms with E-state index < -0.39 is 11.6 Å². The van der Waals surface area contributed by atoms with Gasteiger partial charge in [-0.05, 0) is 45.0 Å². The highest BCUT2D eigenvalue weighted by Crippen LogP contribution is 2.24. The van der Waals surface area contributed by atoms with E-state index in [9.17, 15) is 13.9 Å². The molecule has 0 radical (unpaired) electrons. The van der Waals surface area contributed by atoms with E-state index in [4.69, 9.17) is 0 Å². The van der Waals surface area contributed by atoms with Gasteiger partial charge in [-0.3, -0.25) is 0 Å². The lowest BCUT2D eigenvalue weighted by Crippen LogP contribution is -2.21. The van der Waals surface area contributed by atoms with E-state index in [1.54, 1.807) is 16.8 Å². The van der Waals surface area contributed by atoms with Crippen molar-refractivity contribution in [3.8, 4) is 5.75 Å². The molecule has 0 fully saturated rings. The van der Waals surface area contributed by atoms with Crippen LogP contribution in [0.25, 0.3) is 0 Å². The minimum absolute atomic E-state index is 0.0311. The van der Waals surface area contributed by atoms with Crippen LogP contribution in [0.4, 0.5) is 20.2 Å². The van der Waals surface area contributed by atoms with Crippen LogP contribution < -0.4 is 9.70 Å². The Kier molecular flexibility index (Phi) is 6.43. The molecule has 0 bridgehead atoms. The molecule has 0 saturated carbocycles. The maximum Gasteiger partial charge on any atom is 0.211 e. The topological polar surface area (TPSA) is 53.1 Å². The molecule has 8 heteroatoms. The van der Waals surface area contributed by atoms with Gasteiger partial charge in [0.2, 0.25) is 4.80 Å². The highest BCUT2D eigenvalue weighted by Gasteiger charge is 2.07. The number of phenols is 1. The van der Waals surface area contributed by atoms with Crippen LogP contribution in [0, 0.1) is 18.6 Å². The van der Waals surface area contributed by atoms with E-state index in [2.05, 4.69) is 28.8 Å².